The minimum Gasteiger partial charge on any atom is -0.507 e. The van der Waals surface area contributed by atoms with E-state index in [-0.39, 0.29) is 17.5 Å². The molecule has 1 unspecified atom stereocenters. The Morgan fingerprint density at radius 2 is 2.06 bits per heavy atom. The van der Waals surface area contributed by atoms with Crippen molar-refractivity contribution in [2.24, 2.45) is 5.73 Å². The Morgan fingerprint density at radius 3 is 2.56 bits per heavy atom. The lowest BCUT2D eigenvalue weighted by Crippen LogP contribution is -2.32. The SMILES string of the molecule is NC(Cc1ccc(O)c(P(=O)=O)c1)C(=O)O. The zero-order chi connectivity index (χ0) is 12.3. The summed E-state index contributed by atoms with van der Waals surface area (Å²) in [4.78, 5) is 10.5. The number of carbonyl (C=O) groups is 1. The van der Waals surface area contributed by atoms with Crippen LogP contribution in [-0.4, -0.2) is 22.2 Å². The van der Waals surface area contributed by atoms with Crippen molar-refractivity contribution < 1.29 is 24.1 Å². The van der Waals surface area contributed by atoms with Gasteiger partial charge in [-0.3, -0.25) is 4.79 Å². The summed E-state index contributed by atoms with van der Waals surface area (Å²) in [5, 5.41) is 17.6. The Balaban J connectivity index is 3.00. The first-order valence-electron chi connectivity index (χ1n) is 4.36. The van der Waals surface area contributed by atoms with Gasteiger partial charge >= 0.3 is 13.6 Å². The van der Waals surface area contributed by atoms with Crippen molar-refractivity contribution >= 4 is 19.0 Å². The first-order chi connectivity index (χ1) is 7.41. The third kappa shape index (κ3) is 2.92. The van der Waals surface area contributed by atoms with Gasteiger partial charge in [0, 0.05) is 0 Å². The van der Waals surface area contributed by atoms with E-state index in [1.165, 1.54) is 18.2 Å². The third-order valence-corrected chi connectivity index (χ3v) is 2.76. The van der Waals surface area contributed by atoms with Gasteiger partial charge in [0.05, 0.1) is 0 Å². The number of hydrogen-bond donors (Lipinski definition) is 3. The van der Waals surface area contributed by atoms with Crippen molar-refractivity contribution in [3.63, 3.8) is 0 Å². The maximum Gasteiger partial charge on any atom is 0.352 e. The first-order valence-corrected chi connectivity index (χ1v) is 5.54. The van der Waals surface area contributed by atoms with Crippen molar-refractivity contribution in [1.82, 2.24) is 0 Å². The van der Waals surface area contributed by atoms with Crippen molar-refractivity contribution in [2.45, 2.75) is 12.5 Å². The predicted molar refractivity (Wildman–Crippen MR) is 55.3 cm³/mol. The lowest BCUT2D eigenvalue weighted by Gasteiger charge is -2.06. The molecule has 7 heteroatoms. The number of aliphatic carboxylic acids is 1. The summed E-state index contributed by atoms with van der Waals surface area (Å²) in [5.41, 5.74) is 5.75. The Bertz CT molecular complexity index is 475. The number of carboxylic acids is 1. The standard InChI is InChI=1S/C9H10NO5P/c10-6(9(12)13)3-5-1-2-7(11)8(4-5)16(14)15/h1-2,4,6,11H,3,10H2,(H,12,13). The molecule has 0 fully saturated rings. The third-order valence-electron chi connectivity index (χ3n) is 2.01. The molecular weight excluding hydrogens is 233 g/mol. The Kier molecular flexibility index (Phi) is 3.82. The molecule has 0 bridgehead atoms. The van der Waals surface area contributed by atoms with Gasteiger partial charge in [-0.2, -0.15) is 0 Å². The molecule has 0 spiro atoms. The van der Waals surface area contributed by atoms with Gasteiger partial charge in [-0.05, 0) is 24.1 Å². The highest BCUT2D eigenvalue weighted by atomic mass is 31.1. The topological polar surface area (TPSA) is 118 Å². The minimum atomic E-state index is -2.91. The second kappa shape index (κ2) is 4.92. The number of carboxylic acid groups (broad SMARTS) is 1. The van der Waals surface area contributed by atoms with Crippen LogP contribution in [0.15, 0.2) is 18.2 Å². The molecule has 0 amide bonds. The van der Waals surface area contributed by atoms with Crippen molar-refractivity contribution in [3.05, 3.63) is 23.8 Å². The number of hydrogen-bond acceptors (Lipinski definition) is 5. The number of rotatable bonds is 4. The van der Waals surface area contributed by atoms with Gasteiger partial charge in [0.1, 0.15) is 17.1 Å². The van der Waals surface area contributed by atoms with E-state index in [9.17, 15) is 19.0 Å². The number of nitrogens with two attached hydrogens (primary N) is 1. The average molecular weight is 243 g/mol. The molecule has 0 saturated carbocycles. The maximum atomic E-state index is 10.7. The van der Waals surface area contributed by atoms with E-state index >= 15 is 0 Å². The van der Waals surface area contributed by atoms with E-state index in [1.807, 2.05) is 0 Å². The molecule has 0 heterocycles. The van der Waals surface area contributed by atoms with Gasteiger partial charge in [-0.25, -0.2) is 9.13 Å². The zero-order valence-electron chi connectivity index (χ0n) is 8.16. The molecule has 16 heavy (non-hydrogen) atoms. The van der Waals surface area contributed by atoms with Crippen LogP contribution in [0.5, 0.6) is 5.75 Å². The summed E-state index contributed by atoms with van der Waals surface area (Å²) in [6.45, 7) is 0. The van der Waals surface area contributed by atoms with E-state index in [2.05, 4.69) is 0 Å². The molecule has 0 saturated heterocycles. The molecular formula is C9H10NO5P. The van der Waals surface area contributed by atoms with Crippen LogP contribution >= 0.6 is 7.68 Å². The van der Waals surface area contributed by atoms with Crippen molar-refractivity contribution in [3.8, 4) is 5.75 Å². The second-order valence-electron chi connectivity index (χ2n) is 3.23. The molecule has 6 nitrogen and oxygen atoms in total. The molecule has 0 aliphatic rings. The summed E-state index contributed by atoms with van der Waals surface area (Å²) in [7, 11) is -2.91. The Labute approximate surface area is 91.5 Å². The predicted octanol–water partition coefficient (Wildman–Crippen LogP) is 0.145. The normalized spacial score (nSPS) is 12.1. The Hall–Kier alpha value is -1.65. The molecule has 0 aromatic heterocycles. The number of benzene rings is 1. The molecule has 1 aromatic rings. The van der Waals surface area contributed by atoms with Gasteiger partial charge < -0.3 is 15.9 Å². The van der Waals surface area contributed by atoms with E-state index in [0.717, 1.165) is 0 Å². The maximum absolute atomic E-state index is 10.7. The second-order valence-corrected chi connectivity index (χ2v) is 4.23. The monoisotopic (exact) mass is 243 g/mol. The van der Waals surface area contributed by atoms with Crippen LogP contribution in [0, 0.1) is 0 Å². The highest BCUT2D eigenvalue weighted by Crippen LogP contribution is 2.17. The Morgan fingerprint density at radius 1 is 1.44 bits per heavy atom. The van der Waals surface area contributed by atoms with E-state index < -0.39 is 19.7 Å². The van der Waals surface area contributed by atoms with Crippen LogP contribution in [0.4, 0.5) is 0 Å². The van der Waals surface area contributed by atoms with Crippen LogP contribution in [0.2, 0.25) is 0 Å². The molecule has 1 rings (SSSR count). The van der Waals surface area contributed by atoms with Gasteiger partial charge in [-0.1, -0.05) is 6.07 Å². The summed E-state index contributed by atoms with van der Waals surface area (Å²) >= 11 is 0. The van der Waals surface area contributed by atoms with Crippen LogP contribution in [-0.2, 0) is 20.3 Å². The van der Waals surface area contributed by atoms with E-state index in [0.29, 0.717) is 5.56 Å². The van der Waals surface area contributed by atoms with Gasteiger partial charge in [-0.15, -0.1) is 0 Å². The highest BCUT2D eigenvalue weighted by Gasteiger charge is 2.14. The molecule has 1 aromatic carbocycles. The van der Waals surface area contributed by atoms with Gasteiger partial charge in [0.25, 0.3) is 0 Å². The van der Waals surface area contributed by atoms with E-state index in [4.69, 9.17) is 10.8 Å². The van der Waals surface area contributed by atoms with Gasteiger partial charge in [0.15, 0.2) is 0 Å². The van der Waals surface area contributed by atoms with Gasteiger partial charge in [0.2, 0.25) is 0 Å². The highest BCUT2D eigenvalue weighted by molar-refractivity contribution is 7.40. The largest absolute Gasteiger partial charge is 0.507 e. The number of phenols is 1. The molecule has 0 aliphatic carbocycles. The summed E-state index contributed by atoms with van der Waals surface area (Å²) in [6, 6.07) is 2.75. The molecule has 0 radical (unpaired) electrons. The quantitative estimate of drug-likeness (QED) is 0.647. The lowest BCUT2D eigenvalue weighted by molar-refractivity contribution is -0.138. The number of phenolic OH excluding ortho intramolecular Hbond substituents is 1. The van der Waals surface area contributed by atoms with Crippen LogP contribution in [0.3, 0.4) is 0 Å². The molecule has 86 valence electrons. The zero-order valence-corrected chi connectivity index (χ0v) is 9.05. The average Bonchev–Trinajstić information content (AvgIpc) is 2.20. The minimum absolute atomic E-state index is 0.00574. The molecule has 0 aliphatic heterocycles. The number of aromatic hydroxyl groups is 1. The van der Waals surface area contributed by atoms with Crippen LogP contribution < -0.4 is 11.0 Å². The summed E-state index contributed by atoms with van der Waals surface area (Å²) in [5.74, 6) is -1.52. The van der Waals surface area contributed by atoms with Crippen LogP contribution in [0.25, 0.3) is 0 Å². The van der Waals surface area contributed by atoms with Crippen molar-refractivity contribution in [2.75, 3.05) is 0 Å². The molecule has 1 atom stereocenters. The fourth-order valence-corrected chi connectivity index (χ4v) is 1.72. The first kappa shape index (κ1) is 12.4. The lowest BCUT2D eigenvalue weighted by atomic mass is 10.1. The summed E-state index contributed by atoms with van der Waals surface area (Å²) < 4.78 is 21.4. The smallest absolute Gasteiger partial charge is 0.352 e. The van der Waals surface area contributed by atoms with Crippen LogP contribution in [0.1, 0.15) is 5.56 Å². The molecule has 4 N–H and O–H groups in total. The van der Waals surface area contributed by atoms with E-state index in [1.54, 1.807) is 0 Å². The fraction of sp³-hybridized carbons (Fsp3) is 0.222. The summed E-state index contributed by atoms with van der Waals surface area (Å²) in [6.07, 6.45) is 0.00574. The fourth-order valence-electron chi connectivity index (χ4n) is 1.18. The van der Waals surface area contributed by atoms with Crippen molar-refractivity contribution in [1.29, 1.82) is 0 Å².